The molecule has 0 radical (unpaired) electrons. The van der Waals surface area contributed by atoms with Crippen molar-refractivity contribution in [2.24, 2.45) is 5.92 Å². The van der Waals surface area contributed by atoms with E-state index < -0.39 is 0 Å². The van der Waals surface area contributed by atoms with Crippen LogP contribution < -0.4 is 0 Å². The van der Waals surface area contributed by atoms with Crippen LogP contribution in [0.3, 0.4) is 0 Å². The standard InChI is InChI=1S/C10H11BrO3/c1-6-2-4-13-9(6)8(12)10-7(11)3-5-14-10/h3,5-6,9H,2,4H2,1H3. The van der Waals surface area contributed by atoms with Gasteiger partial charge in [-0.15, -0.1) is 0 Å². The third kappa shape index (κ3) is 1.64. The average Bonchev–Trinajstić information content (AvgIpc) is 2.73. The van der Waals surface area contributed by atoms with Gasteiger partial charge in [0.15, 0.2) is 5.76 Å². The van der Waals surface area contributed by atoms with Gasteiger partial charge in [-0.2, -0.15) is 0 Å². The molecule has 1 fully saturated rings. The lowest BCUT2D eigenvalue weighted by molar-refractivity contribution is 0.0551. The zero-order valence-electron chi connectivity index (χ0n) is 7.83. The Kier molecular flexibility index (Phi) is 2.74. The molecule has 4 heteroatoms. The Morgan fingerprint density at radius 2 is 2.43 bits per heavy atom. The minimum atomic E-state index is -0.336. The molecule has 14 heavy (non-hydrogen) atoms. The van der Waals surface area contributed by atoms with Crippen molar-refractivity contribution in [2.45, 2.75) is 19.4 Å². The maximum Gasteiger partial charge on any atom is 0.228 e. The van der Waals surface area contributed by atoms with Crippen LogP contribution in [0.1, 0.15) is 23.9 Å². The molecule has 1 saturated heterocycles. The van der Waals surface area contributed by atoms with E-state index >= 15 is 0 Å². The predicted octanol–water partition coefficient (Wildman–Crippen LogP) is 2.65. The summed E-state index contributed by atoms with van der Waals surface area (Å²) >= 11 is 3.26. The molecule has 0 N–H and O–H groups in total. The van der Waals surface area contributed by atoms with Gasteiger partial charge >= 0.3 is 0 Å². The molecule has 0 spiro atoms. The Morgan fingerprint density at radius 3 is 2.93 bits per heavy atom. The highest BCUT2D eigenvalue weighted by Gasteiger charge is 2.33. The van der Waals surface area contributed by atoms with E-state index in [-0.39, 0.29) is 17.8 Å². The molecule has 1 aliphatic heterocycles. The molecule has 2 rings (SSSR count). The van der Waals surface area contributed by atoms with Crippen molar-refractivity contribution in [1.29, 1.82) is 0 Å². The van der Waals surface area contributed by atoms with Crippen LogP contribution in [0.25, 0.3) is 0 Å². The van der Waals surface area contributed by atoms with Gasteiger partial charge in [-0.3, -0.25) is 4.79 Å². The Morgan fingerprint density at radius 1 is 1.64 bits per heavy atom. The molecule has 1 aromatic heterocycles. The van der Waals surface area contributed by atoms with E-state index in [1.807, 2.05) is 6.92 Å². The average molecular weight is 259 g/mol. The molecule has 1 aromatic rings. The molecule has 0 bridgehead atoms. The molecule has 0 aliphatic carbocycles. The number of hydrogen-bond acceptors (Lipinski definition) is 3. The van der Waals surface area contributed by atoms with Crippen LogP contribution in [-0.2, 0) is 4.74 Å². The van der Waals surface area contributed by atoms with Crippen LogP contribution in [0.4, 0.5) is 0 Å². The number of ether oxygens (including phenoxy) is 1. The number of Topliss-reactive ketones (excluding diaryl/α,β-unsaturated/α-hetero) is 1. The molecule has 2 unspecified atom stereocenters. The lowest BCUT2D eigenvalue weighted by Crippen LogP contribution is -2.25. The number of halogens is 1. The predicted molar refractivity (Wildman–Crippen MR) is 54.3 cm³/mol. The van der Waals surface area contributed by atoms with Gasteiger partial charge in [-0.05, 0) is 34.3 Å². The highest BCUT2D eigenvalue weighted by molar-refractivity contribution is 9.10. The van der Waals surface area contributed by atoms with Crippen molar-refractivity contribution in [3.63, 3.8) is 0 Å². The summed E-state index contributed by atoms with van der Waals surface area (Å²) in [5.74, 6) is 0.579. The first kappa shape index (κ1) is 9.93. The number of rotatable bonds is 2. The van der Waals surface area contributed by atoms with Crippen LogP contribution in [0.5, 0.6) is 0 Å². The summed E-state index contributed by atoms with van der Waals surface area (Å²) < 4.78 is 11.2. The first-order valence-corrected chi connectivity index (χ1v) is 5.38. The molecule has 0 saturated carbocycles. The van der Waals surface area contributed by atoms with Gasteiger partial charge in [0, 0.05) is 6.61 Å². The Hall–Kier alpha value is -0.610. The Labute approximate surface area is 90.6 Å². The Bertz CT molecular complexity index is 345. The molecule has 2 atom stereocenters. The van der Waals surface area contributed by atoms with Gasteiger partial charge < -0.3 is 9.15 Å². The second-order valence-electron chi connectivity index (χ2n) is 3.52. The van der Waals surface area contributed by atoms with E-state index in [1.54, 1.807) is 6.07 Å². The van der Waals surface area contributed by atoms with E-state index in [4.69, 9.17) is 9.15 Å². The summed E-state index contributed by atoms with van der Waals surface area (Å²) in [5.41, 5.74) is 0. The van der Waals surface area contributed by atoms with Crippen LogP contribution in [0.15, 0.2) is 21.2 Å². The van der Waals surface area contributed by atoms with E-state index in [1.165, 1.54) is 6.26 Å². The second kappa shape index (κ2) is 3.87. The minimum Gasteiger partial charge on any atom is -0.460 e. The van der Waals surface area contributed by atoms with Crippen molar-refractivity contribution >= 4 is 21.7 Å². The summed E-state index contributed by atoms with van der Waals surface area (Å²) in [5, 5.41) is 0. The minimum absolute atomic E-state index is 0.0631. The maximum absolute atomic E-state index is 11.9. The van der Waals surface area contributed by atoms with E-state index in [0.29, 0.717) is 16.8 Å². The van der Waals surface area contributed by atoms with Crippen LogP contribution in [-0.4, -0.2) is 18.5 Å². The van der Waals surface area contributed by atoms with Crippen LogP contribution >= 0.6 is 15.9 Å². The number of carbonyl (C=O) groups is 1. The van der Waals surface area contributed by atoms with Crippen molar-refractivity contribution in [2.75, 3.05) is 6.61 Å². The third-order valence-electron chi connectivity index (χ3n) is 2.49. The van der Waals surface area contributed by atoms with Gasteiger partial charge in [0.25, 0.3) is 0 Å². The van der Waals surface area contributed by atoms with Gasteiger partial charge in [-0.1, -0.05) is 6.92 Å². The van der Waals surface area contributed by atoms with Crippen LogP contribution in [0, 0.1) is 5.92 Å². The fraction of sp³-hybridized carbons (Fsp3) is 0.500. The van der Waals surface area contributed by atoms with Gasteiger partial charge in [-0.25, -0.2) is 0 Å². The van der Waals surface area contributed by atoms with Crippen LogP contribution in [0.2, 0.25) is 0 Å². The molecule has 0 aromatic carbocycles. The molecule has 76 valence electrons. The maximum atomic E-state index is 11.9. The number of hydrogen-bond donors (Lipinski definition) is 0. The van der Waals surface area contributed by atoms with Gasteiger partial charge in [0.05, 0.1) is 10.7 Å². The molecule has 1 aliphatic rings. The summed E-state index contributed by atoms with van der Waals surface area (Å²) in [4.78, 5) is 11.9. The summed E-state index contributed by atoms with van der Waals surface area (Å²) in [6.07, 6.45) is 2.10. The summed E-state index contributed by atoms with van der Waals surface area (Å²) in [6.45, 7) is 2.68. The fourth-order valence-corrected chi connectivity index (χ4v) is 2.03. The topological polar surface area (TPSA) is 39.4 Å². The lowest BCUT2D eigenvalue weighted by Gasteiger charge is -2.11. The van der Waals surface area contributed by atoms with Crippen molar-refractivity contribution < 1.29 is 13.9 Å². The summed E-state index contributed by atoms with van der Waals surface area (Å²) in [6, 6.07) is 1.72. The lowest BCUT2D eigenvalue weighted by atomic mass is 9.99. The van der Waals surface area contributed by atoms with E-state index in [9.17, 15) is 4.79 Å². The normalized spacial score (nSPS) is 26.7. The highest BCUT2D eigenvalue weighted by atomic mass is 79.9. The number of carbonyl (C=O) groups excluding carboxylic acids is 1. The van der Waals surface area contributed by atoms with E-state index in [2.05, 4.69) is 15.9 Å². The van der Waals surface area contributed by atoms with Gasteiger partial charge in [0.2, 0.25) is 5.78 Å². The molecular weight excluding hydrogens is 248 g/mol. The molecule has 0 amide bonds. The van der Waals surface area contributed by atoms with Gasteiger partial charge in [0.1, 0.15) is 6.10 Å². The van der Waals surface area contributed by atoms with Crippen molar-refractivity contribution in [3.8, 4) is 0 Å². The monoisotopic (exact) mass is 258 g/mol. The Balaban J connectivity index is 2.20. The quantitative estimate of drug-likeness (QED) is 0.766. The van der Waals surface area contributed by atoms with E-state index in [0.717, 1.165) is 6.42 Å². The molecular formula is C10H11BrO3. The highest BCUT2D eigenvalue weighted by Crippen LogP contribution is 2.27. The zero-order chi connectivity index (χ0) is 10.1. The smallest absolute Gasteiger partial charge is 0.228 e. The second-order valence-corrected chi connectivity index (χ2v) is 4.37. The van der Waals surface area contributed by atoms with Crippen molar-refractivity contribution in [1.82, 2.24) is 0 Å². The fourth-order valence-electron chi connectivity index (χ4n) is 1.63. The number of furan rings is 1. The third-order valence-corrected chi connectivity index (χ3v) is 3.11. The summed E-state index contributed by atoms with van der Waals surface area (Å²) in [7, 11) is 0. The number of ketones is 1. The first-order valence-electron chi connectivity index (χ1n) is 4.59. The largest absolute Gasteiger partial charge is 0.460 e. The molecule has 3 nitrogen and oxygen atoms in total. The zero-order valence-corrected chi connectivity index (χ0v) is 9.41. The molecule has 2 heterocycles. The van der Waals surface area contributed by atoms with Crippen molar-refractivity contribution in [3.05, 3.63) is 22.6 Å². The SMILES string of the molecule is CC1CCOC1C(=O)c1occc1Br. The first-order chi connectivity index (χ1) is 6.70.